The summed E-state index contributed by atoms with van der Waals surface area (Å²) >= 11 is 1.55. The van der Waals surface area contributed by atoms with Gasteiger partial charge in [-0.1, -0.05) is 11.8 Å². The number of anilines is 1. The van der Waals surface area contributed by atoms with Crippen molar-refractivity contribution < 1.29 is 0 Å². The lowest BCUT2D eigenvalue weighted by molar-refractivity contribution is 0.912. The first-order valence-corrected chi connectivity index (χ1v) is 4.67. The van der Waals surface area contributed by atoms with Gasteiger partial charge in [0, 0.05) is 18.5 Å². The van der Waals surface area contributed by atoms with Crippen LogP contribution in [0.15, 0.2) is 23.6 Å². The van der Waals surface area contributed by atoms with Crippen LogP contribution in [0.1, 0.15) is 0 Å². The average molecular weight is 180 g/mol. The fourth-order valence-corrected chi connectivity index (χ4v) is 1.60. The summed E-state index contributed by atoms with van der Waals surface area (Å²) in [6.45, 7) is 0. The highest BCUT2D eigenvalue weighted by Gasteiger charge is 2.01. The molecule has 0 bridgehead atoms. The number of nitrogen functional groups attached to an aromatic ring is 1. The van der Waals surface area contributed by atoms with Gasteiger partial charge < -0.3 is 5.73 Å². The normalized spacial score (nSPS) is 10.8. The van der Waals surface area contributed by atoms with Gasteiger partial charge in [0.05, 0.1) is 0 Å². The second-order valence-electron chi connectivity index (χ2n) is 2.32. The van der Waals surface area contributed by atoms with E-state index in [1.807, 2.05) is 16.9 Å². The number of fused-ring (bicyclic) bond motifs is 1. The van der Waals surface area contributed by atoms with Crippen LogP contribution in [-0.4, -0.2) is 20.6 Å². The summed E-state index contributed by atoms with van der Waals surface area (Å²) in [7, 11) is 0. The van der Waals surface area contributed by atoms with E-state index in [-0.39, 0.29) is 0 Å². The first kappa shape index (κ1) is 7.42. The Morgan fingerprint density at radius 2 is 2.42 bits per heavy atom. The predicted octanol–water partition coefficient (Wildman–Crippen LogP) is 1.03. The van der Waals surface area contributed by atoms with Crippen LogP contribution < -0.4 is 5.73 Å². The van der Waals surface area contributed by atoms with E-state index in [0.717, 1.165) is 10.8 Å². The Labute approximate surface area is 73.8 Å². The molecule has 2 rings (SSSR count). The summed E-state index contributed by atoms with van der Waals surface area (Å²) in [5.41, 5.74) is 6.42. The standard InChI is InChI=1S/C7H8N4S/c1-12-7-10-5(8)4-6-9-2-3-11(6)7/h2-4H,8H2,1H3. The quantitative estimate of drug-likeness (QED) is 0.526. The highest BCUT2D eigenvalue weighted by molar-refractivity contribution is 7.98. The zero-order chi connectivity index (χ0) is 8.55. The first-order valence-electron chi connectivity index (χ1n) is 3.45. The minimum atomic E-state index is 0.512. The lowest BCUT2D eigenvalue weighted by Gasteiger charge is -2.01. The van der Waals surface area contributed by atoms with Gasteiger partial charge in [-0.2, -0.15) is 0 Å². The first-order chi connectivity index (χ1) is 5.81. The van der Waals surface area contributed by atoms with Crippen molar-refractivity contribution in [1.29, 1.82) is 0 Å². The van der Waals surface area contributed by atoms with Crippen LogP contribution in [0, 0.1) is 0 Å². The Kier molecular flexibility index (Phi) is 1.65. The smallest absolute Gasteiger partial charge is 0.175 e. The number of hydrogen-bond acceptors (Lipinski definition) is 4. The van der Waals surface area contributed by atoms with Gasteiger partial charge in [-0.15, -0.1) is 0 Å². The number of rotatable bonds is 1. The highest BCUT2D eigenvalue weighted by Crippen LogP contribution is 2.15. The maximum Gasteiger partial charge on any atom is 0.175 e. The molecule has 12 heavy (non-hydrogen) atoms. The molecule has 0 unspecified atom stereocenters. The fourth-order valence-electron chi connectivity index (χ4n) is 1.06. The molecule has 0 aliphatic carbocycles. The van der Waals surface area contributed by atoms with Gasteiger partial charge in [-0.05, 0) is 6.26 Å². The third-order valence-electron chi connectivity index (χ3n) is 1.56. The third kappa shape index (κ3) is 1.02. The largest absolute Gasteiger partial charge is 0.383 e. The van der Waals surface area contributed by atoms with Gasteiger partial charge in [0.25, 0.3) is 0 Å². The Bertz CT molecular complexity index is 409. The van der Waals surface area contributed by atoms with Crippen LogP contribution in [0.4, 0.5) is 5.82 Å². The van der Waals surface area contributed by atoms with E-state index in [1.165, 1.54) is 0 Å². The van der Waals surface area contributed by atoms with Crippen molar-refractivity contribution in [3.05, 3.63) is 18.5 Å². The molecular formula is C7H8N4S. The van der Waals surface area contributed by atoms with E-state index in [4.69, 9.17) is 5.73 Å². The maximum absolute atomic E-state index is 5.58. The zero-order valence-corrected chi connectivity index (χ0v) is 7.38. The highest BCUT2D eigenvalue weighted by atomic mass is 32.2. The second kappa shape index (κ2) is 2.67. The van der Waals surface area contributed by atoms with Crippen LogP contribution in [0.3, 0.4) is 0 Å². The van der Waals surface area contributed by atoms with Crippen molar-refractivity contribution in [2.45, 2.75) is 5.16 Å². The summed E-state index contributed by atoms with van der Waals surface area (Å²) in [6, 6.07) is 1.75. The Hall–Kier alpha value is -1.23. The SMILES string of the molecule is CSc1nc(N)cc2nccn12. The van der Waals surface area contributed by atoms with Crippen LogP contribution in [-0.2, 0) is 0 Å². The minimum absolute atomic E-state index is 0.512. The summed E-state index contributed by atoms with van der Waals surface area (Å²) in [4.78, 5) is 8.27. The molecule has 0 fully saturated rings. The zero-order valence-electron chi connectivity index (χ0n) is 6.56. The lowest BCUT2D eigenvalue weighted by atomic mass is 10.6. The number of nitrogens with zero attached hydrogens (tertiary/aromatic N) is 3. The molecule has 4 nitrogen and oxygen atoms in total. The molecule has 0 amide bonds. The minimum Gasteiger partial charge on any atom is -0.383 e. The molecule has 0 aliphatic rings. The molecule has 0 atom stereocenters. The fraction of sp³-hybridized carbons (Fsp3) is 0.143. The van der Waals surface area contributed by atoms with Crippen molar-refractivity contribution in [2.24, 2.45) is 0 Å². The van der Waals surface area contributed by atoms with E-state index >= 15 is 0 Å². The van der Waals surface area contributed by atoms with Crippen LogP contribution in [0.2, 0.25) is 0 Å². The molecule has 62 valence electrons. The Balaban J connectivity index is 2.80. The van der Waals surface area contributed by atoms with Crippen molar-refractivity contribution in [1.82, 2.24) is 14.4 Å². The predicted molar refractivity (Wildman–Crippen MR) is 49.2 cm³/mol. The molecule has 2 aromatic heterocycles. The lowest BCUT2D eigenvalue weighted by Crippen LogP contribution is -1.97. The van der Waals surface area contributed by atoms with Crippen LogP contribution >= 0.6 is 11.8 Å². The van der Waals surface area contributed by atoms with Gasteiger partial charge in [0.1, 0.15) is 11.5 Å². The van der Waals surface area contributed by atoms with Gasteiger partial charge in [0.15, 0.2) is 5.16 Å². The molecule has 0 aliphatic heterocycles. The Morgan fingerprint density at radius 1 is 1.58 bits per heavy atom. The van der Waals surface area contributed by atoms with Gasteiger partial charge in [-0.3, -0.25) is 4.40 Å². The van der Waals surface area contributed by atoms with Crippen LogP contribution in [0.5, 0.6) is 0 Å². The molecule has 0 radical (unpaired) electrons. The van der Waals surface area contributed by atoms with Crippen LogP contribution in [0.25, 0.3) is 5.65 Å². The van der Waals surface area contributed by atoms with Gasteiger partial charge >= 0.3 is 0 Å². The number of nitrogens with two attached hydrogens (primary N) is 1. The van der Waals surface area contributed by atoms with E-state index in [1.54, 1.807) is 24.0 Å². The summed E-state index contributed by atoms with van der Waals surface area (Å²) in [6.07, 6.45) is 5.56. The number of aromatic nitrogens is 3. The Morgan fingerprint density at radius 3 is 3.17 bits per heavy atom. The molecule has 0 saturated heterocycles. The van der Waals surface area contributed by atoms with E-state index < -0.39 is 0 Å². The third-order valence-corrected chi connectivity index (χ3v) is 2.21. The molecule has 0 spiro atoms. The molecular weight excluding hydrogens is 172 g/mol. The molecule has 2 N–H and O–H groups in total. The number of imidazole rings is 1. The average Bonchev–Trinajstić information content (AvgIpc) is 2.50. The summed E-state index contributed by atoms with van der Waals surface area (Å²) < 4.78 is 1.90. The van der Waals surface area contributed by atoms with Gasteiger partial charge in [0.2, 0.25) is 0 Å². The summed E-state index contributed by atoms with van der Waals surface area (Å²) in [5, 5.41) is 0.863. The van der Waals surface area contributed by atoms with Gasteiger partial charge in [-0.25, -0.2) is 9.97 Å². The topological polar surface area (TPSA) is 56.2 Å². The van der Waals surface area contributed by atoms with Crippen molar-refractivity contribution in [3.63, 3.8) is 0 Å². The molecule has 0 saturated carbocycles. The van der Waals surface area contributed by atoms with E-state index in [0.29, 0.717) is 5.82 Å². The molecule has 5 heteroatoms. The molecule has 2 heterocycles. The van der Waals surface area contributed by atoms with E-state index in [2.05, 4.69) is 9.97 Å². The number of thioether (sulfide) groups is 1. The van der Waals surface area contributed by atoms with Crippen molar-refractivity contribution >= 4 is 23.2 Å². The maximum atomic E-state index is 5.58. The van der Waals surface area contributed by atoms with Crippen molar-refractivity contribution in [2.75, 3.05) is 12.0 Å². The molecule has 2 aromatic rings. The molecule has 0 aromatic carbocycles. The monoisotopic (exact) mass is 180 g/mol. The number of hydrogen-bond donors (Lipinski definition) is 1. The second-order valence-corrected chi connectivity index (χ2v) is 3.10. The van der Waals surface area contributed by atoms with E-state index in [9.17, 15) is 0 Å². The summed E-state index contributed by atoms with van der Waals surface area (Å²) in [5.74, 6) is 0.512. The van der Waals surface area contributed by atoms with Crippen molar-refractivity contribution in [3.8, 4) is 0 Å².